The molecule has 2 bridgehead atoms. The van der Waals surface area contributed by atoms with Crippen LogP contribution in [0.2, 0.25) is 0 Å². The first-order chi connectivity index (χ1) is 10.3. The molecule has 0 amide bonds. The van der Waals surface area contributed by atoms with Crippen molar-refractivity contribution in [3.63, 3.8) is 0 Å². The van der Waals surface area contributed by atoms with E-state index in [2.05, 4.69) is 41.3 Å². The third-order valence-corrected chi connectivity index (χ3v) is 4.94. The lowest BCUT2D eigenvalue weighted by Crippen LogP contribution is -2.42. The van der Waals surface area contributed by atoms with Crippen LogP contribution in [0.3, 0.4) is 0 Å². The Morgan fingerprint density at radius 3 is 2.76 bits per heavy atom. The Morgan fingerprint density at radius 1 is 1.05 bits per heavy atom. The Morgan fingerprint density at radius 2 is 1.90 bits per heavy atom. The summed E-state index contributed by atoms with van der Waals surface area (Å²) < 4.78 is 0. The van der Waals surface area contributed by atoms with Crippen molar-refractivity contribution in [1.29, 1.82) is 0 Å². The first kappa shape index (κ1) is 12.9. The molecule has 2 aliphatic rings. The molecular weight excluding hydrogens is 258 g/mol. The Hall–Kier alpha value is -1.80. The Kier molecular flexibility index (Phi) is 3.19. The molecule has 108 valence electrons. The number of phenols is 1. The molecule has 1 N–H and O–H groups in total. The topological polar surface area (TPSA) is 23.5 Å². The predicted molar refractivity (Wildman–Crippen MR) is 84.4 cm³/mol. The molecule has 21 heavy (non-hydrogen) atoms. The van der Waals surface area contributed by atoms with Crippen molar-refractivity contribution >= 4 is 0 Å². The van der Waals surface area contributed by atoms with E-state index in [1.54, 1.807) is 0 Å². The van der Waals surface area contributed by atoms with Crippen LogP contribution in [0.4, 0.5) is 0 Å². The molecule has 2 nitrogen and oxygen atoms in total. The largest absolute Gasteiger partial charge is 0.508 e. The number of hydrogen-bond acceptors (Lipinski definition) is 2. The summed E-state index contributed by atoms with van der Waals surface area (Å²) in [5.41, 5.74) is 4.23. The summed E-state index contributed by atoms with van der Waals surface area (Å²) in [6, 6.07) is 16.7. The molecule has 0 spiro atoms. The summed E-state index contributed by atoms with van der Waals surface area (Å²) in [5.74, 6) is 1.76. The molecule has 4 rings (SSSR count). The van der Waals surface area contributed by atoms with Crippen LogP contribution in [0.15, 0.2) is 48.5 Å². The van der Waals surface area contributed by atoms with Gasteiger partial charge in [0, 0.05) is 19.6 Å². The van der Waals surface area contributed by atoms with Gasteiger partial charge in [-0.2, -0.15) is 0 Å². The van der Waals surface area contributed by atoms with Crippen LogP contribution in [0.1, 0.15) is 29.0 Å². The normalized spacial score (nSPS) is 24.6. The maximum absolute atomic E-state index is 9.77. The van der Waals surface area contributed by atoms with Crippen LogP contribution in [0, 0.1) is 5.92 Å². The van der Waals surface area contributed by atoms with Crippen LogP contribution in [0.25, 0.3) is 0 Å². The van der Waals surface area contributed by atoms with Gasteiger partial charge in [-0.3, -0.25) is 4.90 Å². The van der Waals surface area contributed by atoms with Gasteiger partial charge in [0.05, 0.1) is 0 Å². The van der Waals surface area contributed by atoms with E-state index in [9.17, 15) is 5.11 Å². The first-order valence-corrected chi connectivity index (χ1v) is 7.86. The Bertz CT molecular complexity index is 637. The van der Waals surface area contributed by atoms with E-state index in [0.29, 0.717) is 11.7 Å². The fourth-order valence-corrected chi connectivity index (χ4v) is 4.11. The fourth-order valence-electron chi connectivity index (χ4n) is 4.11. The highest BCUT2D eigenvalue weighted by Crippen LogP contribution is 2.40. The lowest BCUT2D eigenvalue weighted by atomic mass is 9.74. The van der Waals surface area contributed by atoms with Gasteiger partial charge >= 0.3 is 0 Å². The minimum absolute atomic E-state index is 0.410. The van der Waals surface area contributed by atoms with Crippen LogP contribution >= 0.6 is 0 Å². The minimum atomic E-state index is 0.410. The smallest absolute Gasteiger partial charge is 0.115 e. The predicted octanol–water partition coefficient (Wildman–Crippen LogP) is 3.55. The number of hydrogen-bond donors (Lipinski definition) is 1. The number of likely N-dealkylation sites (tertiary alicyclic amines) is 1. The molecule has 1 heterocycles. The van der Waals surface area contributed by atoms with Gasteiger partial charge in [-0.25, -0.2) is 0 Å². The van der Waals surface area contributed by atoms with E-state index in [1.165, 1.54) is 29.7 Å². The highest BCUT2D eigenvalue weighted by Gasteiger charge is 2.33. The molecule has 1 aliphatic heterocycles. The van der Waals surface area contributed by atoms with Crippen molar-refractivity contribution in [1.82, 2.24) is 4.90 Å². The third-order valence-electron chi connectivity index (χ3n) is 4.94. The van der Waals surface area contributed by atoms with E-state index < -0.39 is 0 Å². The van der Waals surface area contributed by atoms with E-state index in [4.69, 9.17) is 0 Å². The van der Waals surface area contributed by atoms with Crippen molar-refractivity contribution in [2.24, 2.45) is 5.92 Å². The van der Waals surface area contributed by atoms with Crippen molar-refractivity contribution in [3.8, 4) is 5.75 Å². The summed E-state index contributed by atoms with van der Waals surface area (Å²) in [4.78, 5) is 2.58. The van der Waals surface area contributed by atoms with Gasteiger partial charge in [0.15, 0.2) is 0 Å². The number of piperidine rings is 1. The molecule has 2 aromatic rings. The van der Waals surface area contributed by atoms with Gasteiger partial charge in [0.2, 0.25) is 0 Å². The van der Waals surface area contributed by atoms with Crippen molar-refractivity contribution in [2.45, 2.75) is 25.3 Å². The average molecular weight is 279 g/mol. The van der Waals surface area contributed by atoms with Gasteiger partial charge in [-0.05, 0) is 53.5 Å². The van der Waals surface area contributed by atoms with Gasteiger partial charge in [0.1, 0.15) is 5.75 Å². The SMILES string of the molecule is Oc1ccc2c(c1)C1CC(C2)CN(Cc2ccccc2)C1. The summed E-state index contributed by atoms with van der Waals surface area (Å²) in [6.07, 6.45) is 2.44. The number of rotatable bonds is 2. The molecule has 1 saturated heterocycles. The Balaban J connectivity index is 1.56. The Labute approximate surface area is 126 Å². The summed E-state index contributed by atoms with van der Waals surface area (Å²) in [6.45, 7) is 3.36. The molecule has 2 aromatic carbocycles. The van der Waals surface area contributed by atoms with Crippen molar-refractivity contribution < 1.29 is 5.11 Å². The second kappa shape index (κ2) is 5.19. The monoisotopic (exact) mass is 279 g/mol. The minimum Gasteiger partial charge on any atom is -0.508 e. The first-order valence-electron chi connectivity index (χ1n) is 7.86. The number of benzene rings is 2. The fraction of sp³-hybridized carbons (Fsp3) is 0.368. The molecule has 0 aromatic heterocycles. The summed E-state index contributed by atoms with van der Waals surface area (Å²) in [5, 5.41) is 9.77. The molecular formula is C19H21NO. The molecule has 2 heteroatoms. The van der Waals surface area contributed by atoms with E-state index in [0.717, 1.165) is 25.4 Å². The zero-order chi connectivity index (χ0) is 14.2. The van der Waals surface area contributed by atoms with E-state index in [-0.39, 0.29) is 0 Å². The van der Waals surface area contributed by atoms with E-state index in [1.807, 2.05) is 12.1 Å². The highest BCUT2D eigenvalue weighted by atomic mass is 16.3. The second-order valence-electron chi connectivity index (χ2n) is 6.57. The quantitative estimate of drug-likeness (QED) is 0.908. The maximum Gasteiger partial charge on any atom is 0.115 e. The van der Waals surface area contributed by atoms with Crippen molar-refractivity contribution in [2.75, 3.05) is 13.1 Å². The van der Waals surface area contributed by atoms with E-state index >= 15 is 0 Å². The average Bonchev–Trinajstić information content (AvgIpc) is 2.49. The summed E-state index contributed by atoms with van der Waals surface area (Å²) >= 11 is 0. The zero-order valence-electron chi connectivity index (χ0n) is 12.2. The lowest BCUT2D eigenvalue weighted by molar-refractivity contribution is 0.138. The maximum atomic E-state index is 9.77. The van der Waals surface area contributed by atoms with Crippen LogP contribution in [-0.4, -0.2) is 23.1 Å². The lowest BCUT2D eigenvalue weighted by Gasteiger charge is -2.42. The molecule has 2 atom stereocenters. The third kappa shape index (κ3) is 2.56. The number of nitrogens with zero attached hydrogens (tertiary/aromatic N) is 1. The zero-order valence-corrected chi connectivity index (χ0v) is 12.2. The standard InChI is InChI=1S/C19H21NO/c21-18-7-6-16-8-15-9-17(19(16)10-18)13-20(12-15)11-14-4-2-1-3-5-14/h1-7,10,15,17,21H,8-9,11-13H2. The van der Waals surface area contributed by atoms with Crippen molar-refractivity contribution in [3.05, 3.63) is 65.2 Å². The number of phenolic OH excluding ortho intramolecular Hbond substituents is 1. The van der Waals surface area contributed by atoms with Gasteiger partial charge < -0.3 is 5.11 Å². The molecule has 0 saturated carbocycles. The van der Waals surface area contributed by atoms with Gasteiger partial charge in [0.25, 0.3) is 0 Å². The summed E-state index contributed by atoms with van der Waals surface area (Å²) in [7, 11) is 0. The molecule has 2 unspecified atom stereocenters. The molecule has 1 aliphatic carbocycles. The number of fused-ring (bicyclic) bond motifs is 4. The molecule has 0 radical (unpaired) electrons. The highest BCUT2D eigenvalue weighted by molar-refractivity contribution is 5.40. The van der Waals surface area contributed by atoms with Crippen LogP contribution < -0.4 is 0 Å². The molecule has 1 fully saturated rings. The van der Waals surface area contributed by atoms with Crippen LogP contribution in [0.5, 0.6) is 5.75 Å². The van der Waals surface area contributed by atoms with Crippen LogP contribution in [-0.2, 0) is 13.0 Å². The second-order valence-corrected chi connectivity index (χ2v) is 6.57. The number of aromatic hydroxyl groups is 1. The van der Waals surface area contributed by atoms with Gasteiger partial charge in [-0.1, -0.05) is 36.4 Å². The van der Waals surface area contributed by atoms with Gasteiger partial charge in [-0.15, -0.1) is 0 Å².